The number of ether oxygens (including phenoxy) is 2. The molecule has 4 heterocycles. The minimum absolute atomic E-state index is 0.0554. The predicted molar refractivity (Wildman–Crippen MR) is 108 cm³/mol. The zero-order valence-corrected chi connectivity index (χ0v) is 16.8. The normalized spacial score (nSPS) is 22.7. The molecule has 6 nitrogen and oxygen atoms in total. The SMILES string of the molecule is COc1cccc2c1OC1(CCN(C(C)=O)CC1)N1NC(c3cccs3)=C[C@H]21. The number of para-hydroxylation sites is 1. The summed E-state index contributed by atoms with van der Waals surface area (Å²) in [5.41, 5.74) is 5.29. The van der Waals surface area contributed by atoms with Gasteiger partial charge in [-0.1, -0.05) is 18.2 Å². The molecule has 7 heteroatoms. The maximum Gasteiger partial charge on any atom is 0.219 e. The van der Waals surface area contributed by atoms with E-state index in [4.69, 9.17) is 9.47 Å². The molecule has 146 valence electrons. The van der Waals surface area contributed by atoms with Crippen LogP contribution < -0.4 is 14.9 Å². The van der Waals surface area contributed by atoms with Crippen molar-refractivity contribution in [3.8, 4) is 11.5 Å². The Labute approximate surface area is 168 Å². The van der Waals surface area contributed by atoms with Crippen molar-refractivity contribution in [1.29, 1.82) is 0 Å². The predicted octanol–water partition coefficient (Wildman–Crippen LogP) is 3.39. The van der Waals surface area contributed by atoms with Crippen molar-refractivity contribution < 1.29 is 14.3 Å². The summed E-state index contributed by atoms with van der Waals surface area (Å²) in [6.45, 7) is 2.99. The lowest BCUT2D eigenvalue weighted by molar-refractivity contribution is -0.165. The van der Waals surface area contributed by atoms with Crippen molar-refractivity contribution >= 4 is 22.9 Å². The highest BCUT2D eigenvalue weighted by molar-refractivity contribution is 7.11. The molecule has 1 fully saturated rings. The van der Waals surface area contributed by atoms with Gasteiger partial charge in [0.25, 0.3) is 0 Å². The van der Waals surface area contributed by atoms with Gasteiger partial charge in [0.05, 0.1) is 23.7 Å². The molecule has 1 N–H and O–H groups in total. The van der Waals surface area contributed by atoms with Gasteiger partial charge in [0, 0.05) is 38.4 Å². The lowest BCUT2D eigenvalue weighted by Gasteiger charge is -2.51. The third-order valence-corrected chi connectivity index (χ3v) is 6.80. The fourth-order valence-corrected chi connectivity index (χ4v) is 5.11. The van der Waals surface area contributed by atoms with Crippen molar-refractivity contribution in [3.05, 3.63) is 52.2 Å². The second-order valence-electron chi connectivity index (χ2n) is 7.42. The van der Waals surface area contributed by atoms with Gasteiger partial charge >= 0.3 is 0 Å². The van der Waals surface area contributed by atoms with Crippen LogP contribution in [0.2, 0.25) is 0 Å². The first-order valence-corrected chi connectivity index (χ1v) is 10.4. The lowest BCUT2D eigenvalue weighted by Crippen LogP contribution is -2.64. The molecule has 3 aliphatic heterocycles. The van der Waals surface area contributed by atoms with Gasteiger partial charge in [0.1, 0.15) is 0 Å². The minimum atomic E-state index is -0.520. The Morgan fingerprint density at radius 1 is 1.29 bits per heavy atom. The highest BCUT2D eigenvalue weighted by Gasteiger charge is 2.52. The van der Waals surface area contributed by atoms with Gasteiger partial charge in [-0.3, -0.25) is 4.79 Å². The number of carbonyl (C=O) groups excluding carboxylic acids is 1. The Bertz CT molecular complexity index is 932. The van der Waals surface area contributed by atoms with Crippen molar-refractivity contribution in [2.24, 2.45) is 0 Å². The number of hydrogen-bond acceptors (Lipinski definition) is 6. The molecule has 1 atom stereocenters. The fraction of sp³-hybridized carbons (Fsp3) is 0.381. The number of nitrogens with one attached hydrogen (secondary N) is 1. The summed E-state index contributed by atoms with van der Waals surface area (Å²) < 4.78 is 12.3. The summed E-state index contributed by atoms with van der Waals surface area (Å²) >= 11 is 1.72. The van der Waals surface area contributed by atoms with E-state index in [0.29, 0.717) is 13.1 Å². The van der Waals surface area contributed by atoms with Gasteiger partial charge in [-0.2, -0.15) is 5.01 Å². The number of methoxy groups -OCH3 is 1. The molecule has 1 aromatic carbocycles. The zero-order valence-electron chi connectivity index (χ0n) is 16.0. The largest absolute Gasteiger partial charge is 0.493 e. The van der Waals surface area contributed by atoms with Crippen molar-refractivity contribution in [2.75, 3.05) is 20.2 Å². The molecule has 0 aliphatic carbocycles. The fourth-order valence-electron chi connectivity index (χ4n) is 4.41. The van der Waals surface area contributed by atoms with E-state index < -0.39 is 5.72 Å². The van der Waals surface area contributed by atoms with Crippen LogP contribution in [0, 0.1) is 0 Å². The smallest absolute Gasteiger partial charge is 0.219 e. The molecule has 0 radical (unpaired) electrons. The van der Waals surface area contributed by atoms with E-state index in [9.17, 15) is 4.79 Å². The summed E-state index contributed by atoms with van der Waals surface area (Å²) in [5, 5.41) is 4.32. The maximum absolute atomic E-state index is 11.8. The molecular weight excluding hydrogens is 374 g/mol. The minimum Gasteiger partial charge on any atom is -0.493 e. The lowest BCUT2D eigenvalue weighted by atomic mass is 9.92. The molecule has 0 unspecified atom stereocenters. The number of carbonyl (C=O) groups is 1. The zero-order chi connectivity index (χ0) is 19.3. The summed E-state index contributed by atoms with van der Waals surface area (Å²) in [7, 11) is 1.68. The number of amides is 1. The van der Waals surface area contributed by atoms with E-state index in [1.54, 1.807) is 25.4 Å². The number of hydrogen-bond donors (Lipinski definition) is 1. The molecule has 1 aromatic heterocycles. The first-order valence-electron chi connectivity index (χ1n) is 9.54. The van der Waals surface area contributed by atoms with E-state index in [1.165, 1.54) is 4.88 Å². The van der Waals surface area contributed by atoms with E-state index in [0.717, 1.165) is 35.6 Å². The standard InChI is InChI=1S/C21H23N3O3S/c1-14(25)23-10-8-21(9-11-23)24-17(13-16(22-24)19-7-4-12-28-19)15-5-3-6-18(26-2)20(15)27-21/h3-7,12-13,17,22H,8-11H2,1-2H3/t17-/m1/s1. The van der Waals surface area contributed by atoms with Crippen LogP contribution in [0.15, 0.2) is 41.8 Å². The molecule has 5 rings (SSSR count). The maximum atomic E-state index is 11.8. The van der Waals surface area contributed by atoms with Crippen LogP contribution >= 0.6 is 11.3 Å². The van der Waals surface area contributed by atoms with E-state index in [1.807, 2.05) is 17.0 Å². The average Bonchev–Trinajstić information content (AvgIpc) is 3.38. The molecule has 28 heavy (non-hydrogen) atoms. The van der Waals surface area contributed by atoms with Gasteiger partial charge in [-0.25, -0.2) is 0 Å². The van der Waals surface area contributed by atoms with Gasteiger partial charge in [0.15, 0.2) is 17.2 Å². The Balaban J connectivity index is 1.57. The van der Waals surface area contributed by atoms with Crippen LogP contribution in [-0.4, -0.2) is 41.7 Å². The highest BCUT2D eigenvalue weighted by Crippen LogP contribution is 2.51. The van der Waals surface area contributed by atoms with Crippen molar-refractivity contribution in [1.82, 2.24) is 15.3 Å². The summed E-state index contributed by atoms with van der Waals surface area (Å²) in [6, 6.07) is 10.3. The van der Waals surface area contributed by atoms with Crippen molar-refractivity contribution in [2.45, 2.75) is 31.5 Å². The quantitative estimate of drug-likeness (QED) is 0.842. The summed E-state index contributed by atoms with van der Waals surface area (Å²) in [6.07, 6.45) is 3.74. The summed E-state index contributed by atoms with van der Waals surface area (Å²) in [5.74, 6) is 1.68. The van der Waals surface area contributed by atoms with Gasteiger partial charge in [-0.15, -0.1) is 11.3 Å². The molecule has 1 amide bonds. The van der Waals surface area contributed by atoms with Crippen LogP contribution in [0.4, 0.5) is 0 Å². The number of hydrazine groups is 1. The number of thiophene rings is 1. The van der Waals surface area contributed by atoms with Gasteiger partial charge in [-0.05, 0) is 23.6 Å². The number of nitrogens with zero attached hydrogens (tertiary/aromatic N) is 2. The van der Waals surface area contributed by atoms with Crippen LogP contribution in [0.1, 0.15) is 36.2 Å². The Morgan fingerprint density at radius 2 is 2.11 bits per heavy atom. The first kappa shape index (κ1) is 17.6. The van der Waals surface area contributed by atoms with Gasteiger partial charge in [0.2, 0.25) is 5.91 Å². The number of rotatable bonds is 2. The molecule has 1 spiro atoms. The number of piperidine rings is 1. The molecule has 0 bridgehead atoms. The Morgan fingerprint density at radius 3 is 2.79 bits per heavy atom. The molecule has 0 saturated carbocycles. The number of likely N-dealkylation sites (tertiary alicyclic amines) is 1. The second-order valence-corrected chi connectivity index (χ2v) is 8.36. The van der Waals surface area contributed by atoms with Gasteiger partial charge < -0.3 is 19.8 Å². The first-order chi connectivity index (χ1) is 13.6. The highest BCUT2D eigenvalue weighted by atomic mass is 32.1. The topological polar surface area (TPSA) is 54.0 Å². The van der Waals surface area contributed by atoms with E-state index in [2.05, 4.69) is 40.1 Å². The second kappa shape index (κ2) is 6.53. The average molecular weight is 398 g/mol. The van der Waals surface area contributed by atoms with Crippen LogP contribution in [0.3, 0.4) is 0 Å². The third kappa shape index (κ3) is 2.61. The third-order valence-electron chi connectivity index (χ3n) is 5.90. The molecular formula is C21H23N3O3S. The molecule has 1 saturated heterocycles. The van der Waals surface area contributed by atoms with Crippen molar-refractivity contribution in [3.63, 3.8) is 0 Å². The number of fused-ring (bicyclic) bond motifs is 4. The van der Waals surface area contributed by atoms with Crippen LogP contribution in [0.5, 0.6) is 11.5 Å². The van der Waals surface area contributed by atoms with E-state index >= 15 is 0 Å². The molecule has 2 aromatic rings. The summed E-state index contributed by atoms with van der Waals surface area (Å²) in [4.78, 5) is 14.9. The Kier molecular flexibility index (Phi) is 4.10. The number of benzene rings is 1. The van der Waals surface area contributed by atoms with E-state index in [-0.39, 0.29) is 11.9 Å². The van der Waals surface area contributed by atoms with Crippen LogP contribution in [-0.2, 0) is 4.79 Å². The van der Waals surface area contributed by atoms with Crippen LogP contribution in [0.25, 0.3) is 5.70 Å². The Hall–Kier alpha value is -2.51. The molecule has 3 aliphatic rings. The monoisotopic (exact) mass is 397 g/mol.